The number of thiocarbonyl (C=S) groups is 1. The van der Waals surface area contributed by atoms with Gasteiger partial charge in [0.15, 0.2) is 0 Å². The lowest BCUT2D eigenvalue weighted by Crippen LogP contribution is -2.43. The Kier molecular flexibility index (Phi) is 6.61. The Morgan fingerprint density at radius 3 is 2.17 bits per heavy atom. The van der Waals surface area contributed by atoms with Crippen LogP contribution in [-0.2, 0) is 4.79 Å². The van der Waals surface area contributed by atoms with Gasteiger partial charge in [-0.2, -0.15) is 0 Å². The first-order valence-corrected chi connectivity index (χ1v) is 7.59. The molecule has 0 atom stereocenters. The Bertz CT molecular complexity index is 280. The van der Waals surface area contributed by atoms with E-state index in [1.807, 2.05) is 4.90 Å². The summed E-state index contributed by atoms with van der Waals surface area (Å²) in [7, 11) is 0. The lowest BCUT2D eigenvalue weighted by atomic mass is 9.93. The van der Waals surface area contributed by atoms with Gasteiger partial charge in [0.2, 0.25) is 5.91 Å². The smallest absolute Gasteiger partial charge is 0.225 e. The number of hydrogen-bond donors (Lipinski definition) is 1. The zero-order chi connectivity index (χ0) is 13.5. The van der Waals surface area contributed by atoms with Crippen molar-refractivity contribution in [3.63, 3.8) is 0 Å². The summed E-state index contributed by atoms with van der Waals surface area (Å²) in [5, 5.41) is 0. The third kappa shape index (κ3) is 4.23. The number of carbonyl (C=O) groups is 1. The fraction of sp³-hybridized carbons (Fsp3) is 0.857. The van der Waals surface area contributed by atoms with E-state index in [-0.39, 0.29) is 5.92 Å². The maximum atomic E-state index is 12.4. The van der Waals surface area contributed by atoms with Gasteiger partial charge in [-0.15, -0.1) is 0 Å². The molecule has 4 heteroatoms. The van der Waals surface area contributed by atoms with Gasteiger partial charge in [-0.1, -0.05) is 38.9 Å². The molecule has 1 amide bonds. The predicted octanol–water partition coefficient (Wildman–Crippen LogP) is 2.73. The van der Waals surface area contributed by atoms with Gasteiger partial charge in [-0.3, -0.25) is 4.79 Å². The van der Waals surface area contributed by atoms with Crippen molar-refractivity contribution >= 4 is 23.1 Å². The molecule has 0 bridgehead atoms. The number of nitrogens with zero attached hydrogens (tertiary/aromatic N) is 1. The van der Waals surface area contributed by atoms with Crippen molar-refractivity contribution in [2.45, 2.75) is 52.4 Å². The van der Waals surface area contributed by atoms with Crippen LogP contribution in [0.5, 0.6) is 0 Å². The summed E-state index contributed by atoms with van der Waals surface area (Å²) in [4.78, 5) is 15.0. The zero-order valence-electron chi connectivity index (χ0n) is 11.7. The molecule has 3 nitrogen and oxygen atoms in total. The second-order valence-electron chi connectivity index (χ2n) is 5.28. The van der Waals surface area contributed by atoms with Crippen LogP contribution in [0.1, 0.15) is 52.4 Å². The minimum atomic E-state index is 0.223. The van der Waals surface area contributed by atoms with Gasteiger partial charge in [0.1, 0.15) is 0 Å². The number of piperidine rings is 1. The normalized spacial score (nSPS) is 17.2. The number of carbonyl (C=O) groups excluding carboxylic acids is 1. The molecule has 0 aliphatic carbocycles. The van der Waals surface area contributed by atoms with Crippen molar-refractivity contribution in [1.82, 2.24) is 4.90 Å². The third-order valence-electron chi connectivity index (χ3n) is 3.83. The summed E-state index contributed by atoms with van der Waals surface area (Å²) in [6, 6.07) is 0. The van der Waals surface area contributed by atoms with Gasteiger partial charge in [0.25, 0.3) is 0 Å². The Hall–Kier alpha value is -0.640. The van der Waals surface area contributed by atoms with Crippen LogP contribution in [0.4, 0.5) is 0 Å². The molecule has 104 valence electrons. The van der Waals surface area contributed by atoms with Gasteiger partial charge < -0.3 is 10.6 Å². The number of hydrogen-bond acceptors (Lipinski definition) is 2. The Morgan fingerprint density at radius 2 is 1.78 bits per heavy atom. The van der Waals surface area contributed by atoms with E-state index in [0.717, 1.165) is 51.6 Å². The number of nitrogens with two attached hydrogens (primary N) is 1. The first kappa shape index (κ1) is 15.4. The molecule has 0 radical (unpaired) electrons. The molecule has 2 N–H and O–H groups in total. The van der Waals surface area contributed by atoms with Gasteiger partial charge in [-0.05, 0) is 25.7 Å². The standard InChI is InChI=1S/C14H26N2OS/c1-3-5-12(6-4-2)14(17)16-9-7-11(8-10-16)13(15)18/h11-12H,3-10H2,1-2H3,(H2,15,18). The van der Waals surface area contributed by atoms with Crippen LogP contribution in [0.15, 0.2) is 0 Å². The molecule has 1 saturated heterocycles. The summed E-state index contributed by atoms with van der Waals surface area (Å²) in [5.74, 6) is 0.904. The van der Waals surface area contributed by atoms with E-state index in [0.29, 0.717) is 16.8 Å². The molecule has 1 aliphatic rings. The second-order valence-corrected chi connectivity index (χ2v) is 5.75. The highest BCUT2D eigenvalue weighted by Gasteiger charge is 2.28. The Labute approximate surface area is 116 Å². The summed E-state index contributed by atoms with van der Waals surface area (Å²) in [6.45, 7) is 5.94. The molecule has 1 rings (SSSR count). The fourth-order valence-electron chi connectivity index (χ4n) is 2.73. The molecular formula is C14H26N2OS. The predicted molar refractivity (Wildman–Crippen MR) is 79.4 cm³/mol. The highest BCUT2D eigenvalue weighted by atomic mass is 32.1. The fourth-order valence-corrected chi connectivity index (χ4v) is 2.97. The minimum absolute atomic E-state index is 0.223. The van der Waals surface area contributed by atoms with E-state index in [9.17, 15) is 4.79 Å². The molecule has 0 aromatic heterocycles. The van der Waals surface area contributed by atoms with Crippen LogP contribution in [0.2, 0.25) is 0 Å². The summed E-state index contributed by atoms with van der Waals surface area (Å²) >= 11 is 5.03. The average molecular weight is 270 g/mol. The molecule has 18 heavy (non-hydrogen) atoms. The van der Waals surface area contributed by atoms with Crippen LogP contribution in [0, 0.1) is 11.8 Å². The molecular weight excluding hydrogens is 244 g/mol. The molecule has 0 saturated carbocycles. The Morgan fingerprint density at radius 1 is 1.28 bits per heavy atom. The number of likely N-dealkylation sites (tertiary alicyclic amines) is 1. The van der Waals surface area contributed by atoms with Gasteiger partial charge in [0, 0.05) is 24.9 Å². The van der Waals surface area contributed by atoms with Crippen LogP contribution < -0.4 is 5.73 Å². The quantitative estimate of drug-likeness (QED) is 0.755. The summed E-state index contributed by atoms with van der Waals surface area (Å²) in [5.41, 5.74) is 5.67. The third-order valence-corrected chi connectivity index (χ3v) is 4.17. The van der Waals surface area contributed by atoms with Crippen LogP contribution in [-0.4, -0.2) is 28.9 Å². The SMILES string of the molecule is CCCC(CCC)C(=O)N1CCC(C(N)=S)CC1. The highest BCUT2D eigenvalue weighted by molar-refractivity contribution is 7.80. The molecule has 0 unspecified atom stereocenters. The highest BCUT2D eigenvalue weighted by Crippen LogP contribution is 2.22. The zero-order valence-corrected chi connectivity index (χ0v) is 12.5. The number of amides is 1. The van der Waals surface area contributed by atoms with Crippen molar-refractivity contribution < 1.29 is 4.79 Å². The van der Waals surface area contributed by atoms with Gasteiger partial charge in [0.05, 0.1) is 4.99 Å². The first-order valence-electron chi connectivity index (χ1n) is 7.18. The molecule has 1 aliphatic heterocycles. The van der Waals surface area contributed by atoms with Gasteiger partial charge >= 0.3 is 0 Å². The first-order chi connectivity index (χ1) is 8.60. The van der Waals surface area contributed by atoms with Crippen molar-refractivity contribution in [2.75, 3.05) is 13.1 Å². The summed E-state index contributed by atoms with van der Waals surface area (Å²) in [6.07, 6.45) is 6.07. The lowest BCUT2D eigenvalue weighted by molar-refractivity contribution is -0.137. The second kappa shape index (κ2) is 7.72. The molecule has 1 heterocycles. The number of rotatable bonds is 6. The van der Waals surface area contributed by atoms with Crippen LogP contribution >= 0.6 is 12.2 Å². The largest absolute Gasteiger partial charge is 0.393 e. The molecule has 0 spiro atoms. The molecule has 1 fully saturated rings. The monoisotopic (exact) mass is 270 g/mol. The maximum absolute atomic E-state index is 12.4. The van der Waals surface area contributed by atoms with Crippen LogP contribution in [0.25, 0.3) is 0 Å². The summed E-state index contributed by atoms with van der Waals surface area (Å²) < 4.78 is 0. The van der Waals surface area contributed by atoms with Crippen LogP contribution in [0.3, 0.4) is 0 Å². The molecule has 0 aromatic carbocycles. The van der Waals surface area contributed by atoms with E-state index < -0.39 is 0 Å². The van der Waals surface area contributed by atoms with E-state index in [1.165, 1.54) is 0 Å². The minimum Gasteiger partial charge on any atom is -0.393 e. The van der Waals surface area contributed by atoms with Crippen molar-refractivity contribution in [3.05, 3.63) is 0 Å². The van der Waals surface area contributed by atoms with Crippen molar-refractivity contribution in [3.8, 4) is 0 Å². The topological polar surface area (TPSA) is 46.3 Å². The average Bonchev–Trinajstić information content (AvgIpc) is 2.38. The van der Waals surface area contributed by atoms with Crippen molar-refractivity contribution in [2.24, 2.45) is 17.6 Å². The Balaban J connectivity index is 2.49. The van der Waals surface area contributed by atoms with E-state index >= 15 is 0 Å². The van der Waals surface area contributed by atoms with E-state index in [4.69, 9.17) is 18.0 Å². The van der Waals surface area contributed by atoms with Crippen molar-refractivity contribution in [1.29, 1.82) is 0 Å². The lowest BCUT2D eigenvalue weighted by Gasteiger charge is -2.34. The van der Waals surface area contributed by atoms with E-state index in [1.54, 1.807) is 0 Å². The molecule has 0 aromatic rings. The van der Waals surface area contributed by atoms with E-state index in [2.05, 4.69) is 13.8 Å². The maximum Gasteiger partial charge on any atom is 0.225 e. The van der Waals surface area contributed by atoms with Gasteiger partial charge in [-0.25, -0.2) is 0 Å².